The lowest BCUT2D eigenvalue weighted by molar-refractivity contribution is 0.213. The van der Waals surface area contributed by atoms with Crippen LogP contribution in [0.1, 0.15) is 36.5 Å². The molecule has 2 aliphatic rings. The molecule has 2 nitrogen and oxygen atoms in total. The molecule has 1 saturated carbocycles. The molecule has 1 unspecified atom stereocenters. The van der Waals surface area contributed by atoms with E-state index in [-0.39, 0.29) is 11.9 Å². The Hall–Kier alpha value is -2.06. The molecule has 2 aromatic carbocycles. The van der Waals surface area contributed by atoms with Crippen molar-refractivity contribution in [1.82, 2.24) is 4.90 Å². The van der Waals surface area contributed by atoms with Crippen LogP contribution in [0.5, 0.6) is 5.75 Å². The van der Waals surface area contributed by atoms with Crippen molar-refractivity contribution >= 4 is 6.08 Å². The smallest absolute Gasteiger partial charge is 0.118 e. The maximum Gasteiger partial charge on any atom is 0.118 e. The van der Waals surface area contributed by atoms with Crippen LogP contribution in [0, 0.1) is 0 Å². The van der Waals surface area contributed by atoms with Crippen LogP contribution in [0.4, 0.5) is 0 Å². The average Bonchev–Trinajstić information content (AvgIpc) is 3.40. The van der Waals surface area contributed by atoms with Gasteiger partial charge in [0, 0.05) is 26.4 Å². The number of fused-ring (bicyclic) bond motifs is 2. The van der Waals surface area contributed by atoms with E-state index >= 15 is 0 Å². The maximum atomic E-state index is 8.75. The summed E-state index contributed by atoms with van der Waals surface area (Å²) in [6.07, 6.45) is 4.36. The third-order valence-electron chi connectivity index (χ3n) is 5.11. The van der Waals surface area contributed by atoms with Crippen LogP contribution >= 0.6 is 0 Å². The zero-order valence-corrected chi connectivity index (χ0v) is 13.6. The van der Waals surface area contributed by atoms with Gasteiger partial charge in [0.05, 0.1) is 7.11 Å². The zero-order chi connectivity index (χ0) is 16.7. The van der Waals surface area contributed by atoms with Gasteiger partial charge in [-0.3, -0.25) is 4.90 Å². The molecule has 118 valence electrons. The summed E-state index contributed by atoms with van der Waals surface area (Å²) in [6.45, 7) is 5.37. The zero-order valence-electron chi connectivity index (χ0n) is 14.6. The Morgan fingerprint density at radius 3 is 2.70 bits per heavy atom. The molecule has 23 heavy (non-hydrogen) atoms. The minimum Gasteiger partial charge on any atom is -0.497 e. The molecule has 0 radical (unpaired) electrons. The van der Waals surface area contributed by atoms with E-state index in [0.29, 0.717) is 0 Å². The van der Waals surface area contributed by atoms with Crippen LogP contribution in [0.15, 0.2) is 49.0 Å². The number of ether oxygens (including phenoxy) is 1. The van der Waals surface area contributed by atoms with Crippen molar-refractivity contribution < 1.29 is 6.11 Å². The minimum atomic E-state index is -0.299. The van der Waals surface area contributed by atoms with E-state index in [0.717, 1.165) is 30.0 Å². The summed E-state index contributed by atoms with van der Waals surface area (Å²) >= 11 is 0. The summed E-state index contributed by atoms with van der Waals surface area (Å²) in [5.74, 6) is 0.876. The molecular formula is C21H23NO. The molecule has 4 rings (SSSR count). The third kappa shape index (κ3) is 2.68. The summed E-state index contributed by atoms with van der Waals surface area (Å²) in [6, 6.07) is 14.7. The van der Waals surface area contributed by atoms with E-state index in [1.165, 1.54) is 24.0 Å². The standard InChI is InChI=1S/C21H23NO/c1-3-16-4-7-18-14-22(15-21(10-11-21)20(18)12-16)13-17-5-8-19(23-2)9-6-17/h3-9,12H,1,10-11,13-15H2,2H3/i14D. The monoisotopic (exact) mass is 306 g/mol. The van der Waals surface area contributed by atoms with Gasteiger partial charge in [0.1, 0.15) is 5.75 Å². The maximum absolute atomic E-state index is 8.75. The van der Waals surface area contributed by atoms with Gasteiger partial charge in [0.15, 0.2) is 0 Å². The quantitative estimate of drug-likeness (QED) is 0.831. The molecule has 2 aromatic rings. The van der Waals surface area contributed by atoms with Crippen molar-refractivity contribution in [2.45, 2.75) is 31.3 Å². The molecule has 1 fully saturated rings. The summed E-state index contributed by atoms with van der Waals surface area (Å²) in [5, 5.41) is 0. The molecule has 1 atom stereocenters. The molecule has 1 aliphatic carbocycles. The predicted octanol–water partition coefficient (Wildman–Crippen LogP) is 4.39. The Balaban J connectivity index is 1.63. The van der Waals surface area contributed by atoms with Crippen LogP contribution in [-0.4, -0.2) is 18.6 Å². The van der Waals surface area contributed by atoms with Gasteiger partial charge in [-0.1, -0.05) is 43.0 Å². The van der Waals surface area contributed by atoms with Gasteiger partial charge in [0.25, 0.3) is 0 Å². The van der Waals surface area contributed by atoms with E-state index in [1.54, 1.807) is 7.11 Å². The second-order valence-corrected chi connectivity index (χ2v) is 6.71. The van der Waals surface area contributed by atoms with Crippen LogP contribution in [-0.2, 0) is 18.5 Å². The van der Waals surface area contributed by atoms with Crippen molar-refractivity contribution in [2.24, 2.45) is 0 Å². The highest BCUT2D eigenvalue weighted by atomic mass is 16.5. The van der Waals surface area contributed by atoms with Crippen molar-refractivity contribution in [2.75, 3.05) is 13.7 Å². The largest absolute Gasteiger partial charge is 0.497 e. The molecule has 0 saturated heterocycles. The first kappa shape index (κ1) is 13.4. The molecule has 1 aliphatic heterocycles. The second kappa shape index (κ2) is 5.54. The van der Waals surface area contributed by atoms with Gasteiger partial charge in [-0.05, 0) is 47.2 Å². The molecule has 0 amide bonds. The summed E-state index contributed by atoms with van der Waals surface area (Å²) in [5.41, 5.74) is 5.20. The molecule has 0 aromatic heterocycles. The van der Waals surface area contributed by atoms with E-state index in [1.807, 2.05) is 18.2 Å². The lowest BCUT2D eigenvalue weighted by Crippen LogP contribution is -2.37. The fraction of sp³-hybridized carbons (Fsp3) is 0.333. The third-order valence-corrected chi connectivity index (χ3v) is 5.11. The first-order valence-corrected chi connectivity index (χ1v) is 8.21. The topological polar surface area (TPSA) is 12.5 Å². The number of benzene rings is 2. The van der Waals surface area contributed by atoms with Crippen molar-refractivity contribution in [1.29, 1.82) is 0 Å². The van der Waals surface area contributed by atoms with Gasteiger partial charge in [-0.15, -0.1) is 0 Å². The molecule has 0 N–H and O–H groups in total. The molecule has 1 spiro atoms. The first-order chi connectivity index (χ1) is 11.6. The van der Waals surface area contributed by atoms with E-state index < -0.39 is 0 Å². The van der Waals surface area contributed by atoms with E-state index in [4.69, 9.17) is 6.11 Å². The minimum absolute atomic E-state index is 0.262. The highest BCUT2D eigenvalue weighted by molar-refractivity contribution is 5.53. The normalized spacial score (nSPS) is 22.3. The van der Waals surface area contributed by atoms with Crippen LogP contribution < -0.4 is 4.74 Å². The second-order valence-electron chi connectivity index (χ2n) is 6.71. The van der Waals surface area contributed by atoms with Crippen LogP contribution in [0.3, 0.4) is 0 Å². The van der Waals surface area contributed by atoms with Gasteiger partial charge >= 0.3 is 0 Å². The predicted molar refractivity (Wildman–Crippen MR) is 94.6 cm³/mol. The van der Waals surface area contributed by atoms with Crippen molar-refractivity contribution in [3.63, 3.8) is 0 Å². The lowest BCUT2D eigenvalue weighted by atomic mass is 9.85. The molecule has 0 bridgehead atoms. The van der Waals surface area contributed by atoms with Gasteiger partial charge in [-0.25, -0.2) is 0 Å². The summed E-state index contributed by atoms with van der Waals surface area (Å²) in [4.78, 5) is 2.30. The Bertz CT molecular complexity index is 764. The van der Waals surface area contributed by atoms with Crippen molar-refractivity contribution in [3.05, 3.63) is 71.3 Å². The SMILES string of the molecule is [2H]C1c2ccc(C=C)cc2C2(CC2)CN1Cc1ccc(OC)cc1. The summed E-state index contributed by atoms with van der Waals surface area (Å²) < 4.78 is 14.0. The molecule has 1 heterocycles. The Labute approximate surface area is 139 Å². The Morgan fingerprint density at radius 2 is 2.04 bits per heavy atom. The fourth-order valence-electron chi connectivity index (χ4n) is 3.63. The van der Waals surface area contributed by atoms with Gasteiger partial charge < -0.3 is 4.74 Å². The lowest BCUT2D eigenvalue weighted by Gasteiger charge is -2.35. The number of hydrogen-bond acceptors (Lipinski definition) is 2. The van der Waals surface area contributed by atoms with Crippen LogP contribution in [0.25, 0.3) is 6.08 Å². The average molecular weight is 306 g/mol. The van der Waals surface area contributed by atoms with E-state index in [2.05, 4.69) is 41.8 Å². The number of methoxy groups -OCH3 is 1. The molecule has 2 heteroatoms. The Kier molecular flexibility index (Phi) is 3.22. The highest BCUT2D eigenvalue weighted by Gasteiger charge is 2.48. The van der Waals surface area contributed by atoms with Crippen molar-refractivity contribution in [3.8, 4) is 5.75 Å². The molecular weight excluding hydrogens is 282 g/mol. The first-order valence-electron chi connectivity index (χ1n) is 8.79. The fourth-order valence-corrected chi connectivity index (χ4v) is 3.63. The Morgan fingerprint density at radius 1 is 1.26 bits per heavy atom. The number of hydrogen-bond donors (Lipinski definition) is 0. The highest BCUT2D eigenvalue weighted by Crippen LogP contribution is 2.52. The van der Waals surface area contributed by atoms with Crippen LogP contribution in [0.2, 0.25) is 0 Å². The van der Waals surface area contributed by atoms with Gasteiger partial charge in [-0.2, -0.15) is 0 Å². The summed E-state index contributed by atoms with van der Waals surface area (Å²) in [7, 11) is 1.69. The van der Waals surface area contributed by atoms with E-state index in [9.17, 15) is 0 Å². The number of nitrogens with zero attached hydrogens (tertiary/aromatic N) is 1. The number of rotatable bonds is 4. The van der Waals surface area contributed by atoms with Gasteiger partial charge in [0.2, 0.25) is 0 Å².